The molecule has 0 saturated carbocycles. The molecule has 1 heterocycles. The maximum atomic E-state index is 4.22. The first kappa shape index (κ1) is 9.15. The zero-order valence-corrected chi connectivity index (χ0v) is 8.93. The highest BCUT2D eigenvalue weighted by Crippen LogP contribution is 2.18. The minimum atomic E-state index is 0.810. The lowest BCUT2D eigenvalue weighted by atomic mass is 10.2. The third-order valence-corrected chi connectivity index (χ3v) is 2.55. The van der Waals surface area contributed by atoms with Crippen molar-refractivity contribution in [3.05, 3.63) is 35.7 Å². The van der Waals surface area contributed by atoms with E-state index in [4.69, 9.17) is 0 Å². The summed E-state index contributed by atoms with van der Waals surface area (Å²) in [6.07, 6.45) is 0. The van der Waals surface area contributed by atoms with E-state index in [1.165, 1.54) is 17.1 Å². The minimum absolute atomic E-state index is 0.810. The van der Waals surface area contributed by atoms with Crippen LogP contribution in [0, 0.1) is 13.8 Å². The summed E-state index contributed by atoms with van der Waals surface area (Å²) in [5, 5.41) is 4.04. The lowest BCUT2D eigenvalue weighted by molar-refractivity contribution is 1.17. The highest BCUT2D eigenvalue weighted by Gasteiger charge is 1.99. The number of anilines is 2. The minimum Gasteiger partial charge on any atom is -0.330 e. The third kappa shape index (κ3) is 2.09. The molecule has 0 amide bonds. The first-order valence-corrected chi connectivity index (χ1v) is 5.15. The molecule has 0 aliphatic heterocycles. The first-order valence-electron chi connectivity index (χ1n) is 4.38. The van der Waals surface area contributed by atoms with Crippen LogP contribution >= 0.6 is 11.5 Å². The van der Waals surface area contributed by atoms with Gasteiger partial charge in [-0.15, -0.1) is 0 Å². The molecule has 14 heavy (non-hydrogen) atoms. The summed E-state index contributed by atoms with van der Waals surface area (Å²) in [6, 6.07) is 8.20. The van der Waals surface area contributed by atoms with Crippen molar-refractivity contribution in [1.29, 1.82) is 0 Å². The van der Waals surface area contributed by atoms with Gasteiger partial charge in [-0.3, -0.25) is 0 Å². The standard InChI is InChI=1S/C10H11N3S/c1-7-3-5-9(6-4-7)12-10-11-8(2)13-14-10/h3-6H,1-2H3,(H,11,12,13). The zero-order chi connectivity index (χ0) is 9.97. The quantitative estimate of drug-likeness (QED) is 0.819. The number of rotatable bonds is 2. The van der Waals surface area contributed by atoms with Gasteiger partial charge >= 0.3 is 0 Å². The second-order valence-corrected chi connectivity index (χ2v) is 3.89. The van der Waals surface area contributed by atoms with Crippen molar-refractivity contribution in [3.8, 4) is 0 Å². The van der Waals surface area contributed by atoms with Gasteiger partial charge in [-0.2, -0.15) is 4.37 Å². The van der Waals surface area contributed by atoms with E-state index in [-0.39, 0.29) is 0 Å². The van der Waals surface area contributed by atoms with Gasteiger partial charge < -0.3 is 5.32 Å². The number of aryl methyl sites for hydroxylation is 2. The molecule has 0 aliphatic rings. The van der Waals surface area contributed by atoms with Crippen molar-refractivity contribution in [2.75, 3.05) is 5.32 Å². The normalized spacial score (nSPS) is 10.1. The number of hydrogen-bond acceptors (Lipinski definition) is 4. The molecule has 3 nitrogen and oxygen atoms in total. The molecule has 0 unspecified atom stereocenters. The second kappa shape index (κ2) is 3.75. The topological polar surface area (TPSA) is 37.8 Å². The number of aromatic nitrogens is 2. The lowest BCUT2D eigenvalue weighted by Gasteiger charge is -2.01. The van der Waals surface area contributed by atoms with Gasteiger partial charge in [-0.1, -0.05) is 17.7 Å². The fraction of sp³-hybridized carbons (Fsp3) is 0.200. The maximum Gasteiger partial charge on any atom is 0.207 e. The van der Waals surface area contributed by atoms with Crippen molar-refractivity contribution >= 4 is 22.4 Å². The van der Waals surface area contributed by atoms with Crippen LogP contribution in [0.3, 0.4) is 0 Å². The van der Waals surface area contributed by atoms with Crippen molar-refractivity contribution in [2.24, 2.45) is 0 Å². The highest BCUT2D eigenvalue weighted by molar-refractivity contribution is 7.09. The van der Waals surface area contributed by atoms with Crippen LogP contribution in [0.2, 0.25) is 0 Å². The van der Waals surface area contributed by atoms with Gasteiger partial charge in [-0.25, -0.2) is 4.98 Å². The van der Waals surface area contributed by atoms with E-state index in [2.05, 4.69) is 33.7 Å². The van der Waals surface area contributed by atoms with Gasteiger partial charge in [0.15, 0.2) is 0 Å². The third-order valence-electron chi connectivity index (χ3n) is 1.83. The molecular weight excluding hydrogens is 194 g/mol. The Hall–Kier alpha value is -1.42. The Labute approximate surface area is 87.0 Å². The average Bonchev–Trinajstić information content (AvgIpc) is 2.56. The molecule has 2 aromatic rings. The number of benzene rings is 1. The highest BCUT2D eigenvalue weighted by atomic mass is 32.1. The van der Waals surface area contributed by atoms with E-state index >= 15 is 0 Å². The molecular formula is C10H11N3S. The lowest BCUT2D eigenvalue weighted by Crippen LogP contribution is -1.88. The van der Waals surface area contributed by atoms with Crippen molar-refractivity contribution < 1.29 is 0 Å². The van der Waals surface area contributed by atoms with E-state index in [9.17, 15) is 0 Å². The Kier molecular flexibility index (Phi) is 2.45. The van der Waals surface area contributed by atoms with E-state index < -0.39 is 0 Å². The molecule has 0 radical (unpaired) electrons. The second-order valence-electron chi connectivity index (χ2n) is 3.14. The molecule has 1 aromatic heterocycles. The van der Waals surface area contributed by atoms with Crippen molar-refractivity contribution in [3.63, 3.8) is 0 Å². The molecule has 0 fully saturated rings. The van der Waals surface area contributed by atoms with Gasteiger partial charge in [-0.05, 0) is 26.0 Å². The largest absolute Gasteiger partial charge is 0.330 e. The van der Waals surface area contributed by atoms with Crippen LogP contribution in [0.25, 0.3) is 0 Å². The fourth-order valence-corrected chi connectivity index (χ4v) is 1.70. The average molecular weight is 205 g/mol. The summed E-state index contributed by atoms with van der Waals surface area (Å²) in [5.41, 5.74) is 2.30. The van der Waals surface area contributed by atoms with E-state index in [1.807, 2.05) is 19.1 Å². The molecule has 0 aliphatic carbocycles. The van der Waals surface area contributed by atoms with Crippen molar-refractivity contribution in [2.45, 2.75) is 13.8 Å². The summed E-state index contributed by atoms with van der Waals surface area (Å²) >= 11 is 1.38. The van der Waals surface area contributed by atoms with Gasteiger partial charge in [0, 0.05) is 17.2 Å². The monoisotopic (exact) mass is 205 g/mol. The predicted octanol–water partition coefficient (Wildman–Crippen LogP) is 2.90. The van der Waals surface area contributed by atoms with Crippen LogP contribution in [0.1, 0.15) is 11.4 Å². The van der Waals surface area contributed by atoms with Crippen LogP contribution in [0.15, 0.2) is 24.3 Å². The molecule has 0 bridgehead atoms. The SMILES string of the molecule is Cc1ccc(Nc2nc(C)ns2)cc1. The molecule has 1 N–H and O–H groups in total. The van der Waals surface area contributed by atoms with Crippen LogP contribution in [-0.4, -0.2) is 9.36 Å². The van der Waals surface area contributed by atoms with Gasteiger partial charge in [0.1, 0.15) is 5.82 Å². The van der Waals surface area contributed by atoms with Gasteiger partial charge in [0.25, 0.3) is 0 Å². The Bertz CT molecular complexity index is 419. The Morgan fingerprint density at radius 2 is 1.86 bits per heavy atom. The Balaban J connectivity index is 2.15. The summed E-state index contributed by atoms with van der Waals surface area (Å²) in [7, 11) is 0. The molecule has 0 atom stereocenters. The number of nitrogens with zero attached hydrogens (tertiary/aromatic N) is 2. The molecule has 1 aromatic carbocycles. The summed E-state index contributed by atoms with van der Waals surface area (Å²) < 4.78 is 4.10. The smallest absolute Gasteiger partial charge is 0.207 e. The van der Waals surface area contributed by atoms with Gasteiger partial charge in [0.05, 0.1) is 0 Å². The van der Waals surface area contributed by atoms with Crippen LogP contribution in [0.4, 0.5) is 10.8 Å². The van der Waals surface area contributed by atoms with Gasteiger partial charge in [0.2, 0.25) is 5.13 Å². The number of nitrogens with one attached hydrogen (secondary N) is 1. The van der Waals surface area contributed by atoms with Crippen molar-refractivity contribution in [1.82, 2.24) is 9.36 Å². The zero-order valence-electron chi connectivity index (χ0n) is 8.11. The Morgan fingerprint density at radius 1 is 1.14 bits per heavy atom. The number of hydrogen-bond donors (Lipinski definition) is 1. The molecule has 0 saturated heterocycles. The molecule has 2 rings (SSSR count). The summed E-state index contributed by atoms with van der Waals surface area (Å²) in [6.45, 7) is 3.95. The van der Waals surface area contributed by atoms with Crippen LogP contribution < -0.4 is 5.32 Å². The summed E-state index contributed by atoms with van der Waals surface area (Å²) in [5.74, 6) is 0.810. The van der Waals surface area contributed by atoms with Crippen LogP contribution in [0.5, 0.6) is 0 Å². The van der Waals surface area contributed by atoms with E-state index in [0.717, 1.165) is 16.6 Å². The predicted molar refractivity (Wildman–Crippen MR) is 59.1 cm³/mol. The van der Waals surface area contributed by atoms with E-state index in [1.54, 1.807) is 0 Å². The molecule has 0 spiro atoms. The van der Waals surface area contributed by atoms with Crippen LogP contribution in [-0.2, 0) is 0 Å². The Morgan fingerprint density at radius 3 is 2.43 bits per heavy atom. The first-order chi connectivity index (χ1) is 6.74. The van der Waals surface area contributed by atoms with E-state index in [0.29, 0.717) is 0 Å². The summed E-state index contributed by atoms with van der Waals surface area (Å²) in [4.78, 5) is 4.22. The fourth-order valence-electron chi connectivity index (χ4n) is 1.11. The maximum absolute atomic E-state index is 4.22. The molecule has 4 heteroatoms. The molecule has 72 valence electrons.